The van der Waals surface area contributed by atoms with E-state index in [1.54, 1.807) is 24.3 Å². The van der Waals surface area contributed by atoms with Crippen LogP contribution in [0.25, 0.3) is 0 Å². The molecular weight excluding hydrogens is 401 g/mol. The van der Waals surface area contributed by atoms with Crippen molar-refractivity contribution in [3.63, 3.8) is 0 Å². The van der Waals surface area contributed by atoms with Crippen molar-refractivity contribution >= 4 is 5.91 Å². The molecule has 1 aliphatic heterocycles. The molecule has 162 valence electrons. The van der Waals surface area contributed by atoms with Crippen LogP contribution in [-0.4, -0.2) is 31.8 Å². The number of amides is 1. The van der Waals surface area contributed by atoms with Crippen LogP contribution in [0.3, 0.4) is 0 Å². The van der Waals surface area contributed by atoms with Gasteiger partial charge in [0.15, 0.2) is 0 Å². The van der Waals surface area contributed by atoms with Gasteiger partial charge in [-0.25, -0.2) is 0 Å². The van der Waals surface area contributed by atoms with Gasteiger partial charge in [-0.2, -0.15) is 13.2 Å². The Hall–Kier alpha value is -2.78. The zero-order valence-electron chi connectivity index (χ0n) is 16.4. The van der Waals surface area contributed by atoms with Crippen LogP contribution in [0.15, 0.2) is 42.5 Å². The third-order valence-corrected chi connectivity index (χ3v) is 4.93. The van der Waals surface area contributed by atoms with Gasteiger partial charge in [-0.3, -0.25) is 4.79 Å². The van der Waals surface area contributed by atoms with Gasteiger partial charge in [-0.15, -0.1) is 0 Å². The van der Waals surface area contributed by atoms with Gasteiger partial charge in [0, 0.05) is 19.8 Å². The second-order valence-electron chi connectivity index (χ2n) is 7.06. The van der Waals surface area contributed by atoms with Gasteiger partial charge in [0.05, 0.1) is 12.6 Å². The molecule has 1 aliphatic rings. The summed E-state index contributed by atoms with van der Waals surface area (Å²) in [6.07, 6.45) is -3.68. The zero-order chi connectivity index (χ0) is 21.8. The molecule has 0 aliphatic carbocycles. The topological polar surface area (TPSA) is 82.8 Å². The lowest BCUT2D eigenvalue weighted by atomic mass is 9.90. The van der Waals surface area contributed by atoms with E-state index >= 15 is 0 Å². The highest BCUT2D eigenvalue weighted by Crippen LogP contribution is 2.40. The zero-order valence-corrected chi connectivity index (χ0v) is 16.4. The molecule has 0 saturated carbocycles. The van der Waals surface area contributed by atoms with Gasteiger partial charge in [0.1, 0.15) is 22.8 Å². The van der Waals surface area contributed by atoms with E-state index < -0.39 is 17.3 Å². The maximum absolute atomic E-state index is 13.3. The van der Waals surface area contributed by atoms with Crippen LogP contribution < -0.4 is 20.5 Å². The van der Waals surface area contributed by atoms with Crippen molar-refractivity contribution in [3.8, 4) is 17.2 Å². The van der Waals surface area contributed by atoms with Crippen LogP contribution in [0.5, 0.6) is 17.2 Å². The molecule has 6 nitrogen and oxygen atoms in total. The van der Waals surface area contributed by atoms with Crippen molar-refractivity contribution in [1.29, 1.82) is 0 Å². The number of nitrogens with one attached hydrogen (secondary N) is 1. The number of benzene rings is 2. The smallest absolute Gasteiger partial charge is 0.420 e. The minimum atomic E-state index is -4.59. The Balaban J connectivity index is 1.64. The Kier molecular flexibility index (Phi) is 6.52. The predicted octanol–water partition coefficient (Wildman–Crippen LogP) is 3.63. The molecule has 0 bridgehead atoms. The first-order valence-corrected chi connectivity index (χ1v) is 9.38. The van der Waals surface area contributed by atoms with E-state index in [9.17, 15) is 18.0 Å². The molecule has 0 atom stereocenters. The van der Waals surface area contributed by atoms with Gasteiger partial charge in [0.2, 0.25) is 5.91 Å². The molecule has 0 radical (unpaired) electrons. The molecule has 0 aromatic heterocycles. The maximum atomic E-state index is 13.3. The lowest BCUT2D eigenvalue weighted by molar-refractivity contribution is -0.138. The van der Waals surface area contributed by atoms with Crippen LogP contribution >= 0.6 is 0 Å². The van der Waals surface area contributed by atoms with E-state index in [1.807, 2.05) is 0 Å². The maximum Gasteiger partial charge on any atom is 0.420 e. The van der Waals surface area contributed by atoms with Gasteiger partial charge < -0.3 is 25.3 Å². The van der Waals surface area contributed by atoms with Gasteiger partial charge in [-0.1, -0.05) is 12.1 Å². The number of alkyl halides is 3. The van der Waals surface area contributed by atoms with Crippen LogP contribution in [0, 0.1) is 0 Å². The average molecular weight is 424 g/mol. The van der Waals surface area contributed by atoms with Crippen LogP contribution in [0.1, 0.15) is 24.0 Å². The highest BCUT2D eigenvalue weighted by molar-refractivity contribution is 5.86. The molecule has 3 N–H and O–H groups in total. The summed E-state index contributed by atoms with van der Waals surface area (Å²) in [5.74, 6) is -0.253. The Morgan fingerprint density at radius 2 is 1.77 bits per heavy atom. The van der Waals surface area contributed by atoms with Crippen molar-refractivity contribution in [2.24, 2.45) is 5.73 Å². The molecule has 1 saturated heterocycles. The molecule has 1 heterocycles. The normalized spacial score (nSPS) is 16.0. The first kappa shape index (κ1) is 21.9. The number of nitrogens with two attached hydrogens (primary N) is 1. The number of carbonyl (C=O) groups is 1. The minimum absolute atomic E-state index is 0.0861. The molecule has 9 heteroatoms. The molecule has 2 aromatic rings. The summed E-state index contributed by atoms with van der Waals surface area (Å²) in [6, 6.07) is 9.91. The molecule has 1 fully saturated rings. The predicted molar refractivity (Wildman–Crippen MR) is 103 cm³/mol. The highest BCUT2D eigenvalue weighted by atomic mass is 19.4. The van der Waals surface area contributed by atoms with Crippen LogP contribution in [-0.2, 0) is 22.3 Å². The van der Waals surface area contributed by atoms with E-state index in [1.165, 1.54) is 19.2 Å². The first-order chi connectivity index (χ1) is 14.2. The Morgan fingerprint density at radius 3 is 2.37 bits per heavy atom. The number of halogens is 3. The fourth-order valence-electron chi connectivity index (χ4n) is 3.07. The highest BCUT2D eigenvalue weighted by Gasteiger charge is 2.36. The fraction of sp³-hybridized carbons (Fsp3) is 0.381. The summed E-state index contributed by atoms with van der Waals surface area (Å²) >= 11 is 0. The lowest BCUT2D eigenvalue weighted by Crippen LogP contribution is -2.56. The summed E-state index contributed by atoms with van der Waals surface area (Å²) in [5.41, 5.74) is 5.03. The fourth-order valence-corrected chi connectivity index (χ4v) is 3.07. The number of carbonyl (C=O) groups excluding carboxylic acids is 1. The van der Waals surface area contributed by atoms with Crippen molar-refractivity contribution < 1.29 is 32.2 Å². The molecule has 2 aromatic carbocycles. The third-order valence-electron chi connectivity index (χ3n) is 4.93. The molecule has 30 heavy (non-hydrogen) atoms. The molecule has 0 unspecified atom stereocenters. The number of hydrogen-bond donors (Lipinski definition) is 2. The van der Waals surface area contributed by atoms with Crippen LogP contribution in [0.2, 0.25) is 0 Å². The Bertz CT molecular complexity index is 879. The first-order valence-electron chi connectivity index (χ1n) is 9.38. The average Bonchev–Trinajstić information content (AvgIpc) is 2.73. The second-order valence-corrected chi connectivity index (χ2v) is 7.06. The van der Waals surface area contributed by atoms with Crippen molar-refractivity contribution in [1.82, 2.24) is 5.32 Å². The third kappa shape index (κ3) is 5.22. The summed E-state index contributed by atoms with van der Waals surface area (Å²) in [4.78, 5) is 12.4. The van der Waals surface area contributed by atoms with E-state index in [2.05, 4.69) is 5.32 Å². The van der Waals surface area contributed by atoms with Crippen molar-refractivity contribution in [3.05, 3.63) is 53.6 Å². The van der Waals surface area contributed by atoms with Gasteiger partial charge in [0.25, 0.3) is 0 Å². The molecule has 0 spiro atoms. The number of rotatable bonds is 6. The number of hydrogen-bond acceptors (Lipinski definition) is 5. The standard InChI is InChI=1S/C21H23F3N2O4/c1-28-16-6-7-18(17(12-16)21(22,23)24)30-15-4-2-14(3-5-15)13-26-19(27)20(25)8-10-29-11-9-20/h2-7,12H,8-11,13,25H2,1H3,(H,26,27). The lowest BCUT2D eigenvalue weighted by Gasteiger charge is -2.31. The summed E-state index contributed by atoms with van der Waals surface area (Å²) in [5, 5.41) is 2.80. The minimum Gasteiger partial charge on any atom is -0.497 e. The second kappa shape index (κ2) is 8.93. The largest absolute Gasteiger partial charge is 0.497 e. The van der Waals surface area contributed by atoms with Crippen LogP contribution in [0.4, 0.5) is 13.2 Å². The SMILES string of the molecule is COc1ccc(Oc2ccc(CNC(=O)C3(N)CCOCC3)cc2)c(C(F)(F)F)c1. The molecule has 3 rings (SSSR count). The number of ether oxygens (including phenoxy) is 3. The summed E-state index contributed by atoms with van der Waals surface area (Å²) in [7, 11) is 1.29. The number of methoxy groups -OCH3 is 1. The van der Waals surface area contributed by atoms with Crippen molar-refractivity contribution in [2.75, 3.05) is 20.3 Å². The Labute approximate surface area is 172 Å². The van der Waals surface area contributed by atoms with Crippen molar-refractivity contribution in [2.45, 2.75) is 31.1 Å². The van der Waals surface area contributed by atoms with E-state index in [4.69, 9.17) is 19.9 Å². The van der Waals surface area contributed by atoms with E-state index in [0.29, 0.717) is 26.1 Å². The Morgan fingerprint density at radius 1 is 1.13 bits per heavy atom. The summed E-state index contributed by atoms with van der Waals surface area (Å²) < 4.78 is 55.4. The van der Waals surface area contributed by atoms with E-state index in [0.717, 1.165) is 11.6 Å². The van der Waals surface area contributed by atoms with Gasteiger partial charge in [-0.05, 0) is 48.7 Å². The van der Waals surface area contributed by atoms with Gasteiger partial charge >= 0.3 is 6.18 Å². The molecular formula is C21H23F3N2O4. The monoisotopic (exact) mass is 424 g/mol. The van der Waals surface area contributed by atoms with E-state index in [-0.39, 0.29) is 29.7 Å². The quantitative estimate of drug-likeness (QED) is 0.740. The summed E-state index contributed by atoms with van der Waals surface area (Å²) in [6.45, 7) is 1.14. The molecule has 1 amide bonds.